The van der Waals surface area contributed by atoms with Gasteiger partial charge < -0.3 is 14.8 Å². The van der Waals surface area contributed by atoms with E-state index in [1.165, 1.54) is 12.1 Å². The number of carbonyl (C=O) groups is 3. The first-order valence-corrected chi connectivity index (χ1v) is 8.17. The number of nitrogens with one attached hydrogen (secondary N) is 3. The Morgan fingerprint density at radius 3 is 2.20 bits per heavy atom. The SMILES string of the molecule is CCOc1ccc(C(=O)NNC(=O)C(=O)NCC(C)C)cc1OCC. The van der Waals surface area contributed by atoms with Gasteiger partial charge in [0.05, 0.1) is 13.2 Å². The fourth-order valence-corrected chi connectivity index (χ4v) is 1.81. The molecule has 1 aromatic rings. The van der Waals surface area contributed by atoms with Crippen LogP contribution >= 0.6 is 0 Å². The summed E-state index contributed by atoms with van der Waals surface area (Å²) in [6, 6.07) is 4.66. The lowest BCUT2D eigenvalue weighted by Crippen LogP contribution is -2.49. The van der Waals surface area contributed by atoms with Gasteiger partial charge >= 0.3 is 11.8 Å². The number of hydrazine groups is 1. The van der Waals surface area contributed by atoms with Crippen molar-refractivity contribution in [2.45, 2.75) is 27.7 Å². The molecule has 0 radical (unpaired) electrons. The molecule has 8 heteroatoms. The number of rotatable bonds is 7. The minimum atomic E-state index is -0.940. The average Bonchev–Trinajstić information content (AvgIpc) is 2.59. The molecule has 3 amide bonds. The molecule has 8 nitrogen and oxygen atoms in total. The molecule has 0 spiro atoms. The molecular weight excluding hydrogens is 326 g/mol. The van der Waals surface area contributed by atoms with E-state index >= 15 is 0 Å². The molecule has 1 aromatic carbocycles. The number of amides is 3. The van der Waals surface area contributed by atoms with Gasteiger partial charge in [0.2, 0.25) is 0 Å². The van der Waals surface area contributed by atoms with Gasteiger partial charge in [-0.2, -0.15) is 0 Å². The summed E-state index contributed by atoms with van der Waals surface area (Å²) < 4.78 is 10.9. The van der Waals surface area contributed by atoms with Gasteiger partial charge in [-0.3, -0.25) is 25.2 Å². The van der Waals surface area contributed by atoms with Gasteiger partial charge in [-0.25, -0.2) is 0 Å². The van der Waals surface area contributed by atoms with E-state index in [1.807, 2.05) is 27.7 Å². The summed E-state index contributed by atoms with van der Waals surface area (Å²) in [6.45, 7) is 8.72. The van der Waals surface area contributed by atoms with Crippen LogP contribution in [0.15, 0.2) is 18.2 Å². The van der Waals surface area contributed by atoms with Crippen LogP contribution in [0.5, 0.6) is 11.5 Å². The largest absolute Gasteiger partial charge is 0.490 e. The van der Waals surface area contributed by atoms with Gasteiger partial charge in [-0.15, -0.1) is 0 Å². The molecule has 0 fully saturated rings. The molecule has 25 heavy (non-hydrogen) atoms. The van der Waals surface area contributed by atoms with E-state index in [9.17, 15) is 14.4 Å². The lowest BCUT2D eigenvalue weighted by atomic mass is 10.2. The summed E-state index contributed by atoms with van der Waals surface area (Å²) in [5.74, 6) is -1.15. The summed E-state index contributed by atoms with van der Waals surface area (Å²) in [7, 11) is 0. The number of ether oxygens (including phenoxy) is 2. The quantitative estimate of drug-likeness (QED) is 0.502. The third kappa shape index (κ3) is 6.70. The normalized spacial score (nSPS) is 10.1. The second-order valence-electron chi connectivity index (χ2n) is 5.54. The molecule has 0 aliphatic rings. The van der Waals surface area contributed by atoms with Crippen LogP contribution in [0.3, 0.4) is 0 Å². The van der Waals surface area contributed by atoms with Crippen LogP contribution in [-0.4, -0.2) is 37.5 Å². The predicted molar refractivity (Wildman–Crippen MR) is 92.2 cm³/mol. The van der Waals surface area contributed by atoms with Crippen molar-refractivity contribution in [1.29, 1.82) is 0 Å². The first kappa shape index (κ1) is 20.3. The van der Waals surface area contributed by atoms with Crippen LogP contribution in [0.1, 0.15) is 38.1 Å². The number of hydrogen-bond acceptors (Lipinski definition) is 5. The van der Waals surface area contributed by atoms with Gasteiger partial charge in [0, 0.05) is 12.1 Å². The number of carbonyl (C=O) groups excluding carboxylic acids is 3. The maximum absolute atomic E-state index is 12.1. The van der Waals surface area contributed by atoms with Crippen LogP contribution in [0.4, 0.5) is 0 Å². The Labute approximate surface area is 147 Å². The lowest BCUT2D eigenvalue weighted by molar-refractivity contribution is -0.139. The highest BCUT2D eigenvalue weighted by atomic mass is 16.5. The van der Waals surface area contributed by atoms with E-state index in [0.29, 0.717) is 31.3 Å². The van der Waals surface area contributed by atoms with Gasteiger partial charge in [0.1, 0.15) is 0 Å². The Hall–Kier alpha value is -2.77. The molecule has 0 unspecified atom stereocenters. The fourth-order valence-electron chi connectivity index (χ4n) is 1.81. The molecule has 0 atom stereocenters. The zero-order chi connectivity index (χ0) is 18.8. The van der Waals surface area contributed by atoms with E-state index in [0.717, 1.165) is 0 Å². The fraction of sp³-hybridized carbons (Fsp3) is 0.471. The molecule has 3 N–H and O–H groups in total. The summed E-state index contributed by atoms with van der Waals surface area (Å²) in [5.41, 5.74) is 4.52. The molecule has 0 heterocycles. The molecule has 1 rings (SSSR count). The standard InChI is InChI=1S/C17H25N3O5/c1-5-24-13-8-7-12(9-14(13)25-6-2)15(21)19-20-17(23)16(22)18-10-11(3)4/h7-9,11H,5-6,10H2,1-4H3,(H,18,22)(H,19,21)(H,20,23). The minimum absolute atomic E-state index is 0.215. The molecular formula is C17H25N3O5. The highest BCUT2D eigenvalue weighted by molar-refractivity contribution is 6.35. The average molecular weight is 351 g/mol. The van der Waals surface area contributed by atoms with E-state index in [-0.39, 0.29) is 11.5 Å². The van der Waals surface area contributed by atoms with Crippen molar-refractivity contribution in [3.63, 3.8) is 0 Å². The maximum atomic E-state index is 12.1. The van der Waals surface area contributed by atoms with E-state index in [1.54, 1.807) is 6.07 Å². The van der Waals surface area contributed by atoms with Crippen LogP contribution < -0.4 is 25.6 Å². The highest BCUT2D eigenvalue weighted by Gasteiger charge is 2.16. The van der Waals surface area contributed by atoms with Crippen LogP contribution in [0, 0.1) is 5.92 Å². The molecule has 0 bridgehead atoms. The van der Waals surface area contributed by atoms with Gasteiger partial charge in [0.15, 0.2) is 11.5 Å². The topological polar surface area (TPSA) is 106 Å². The predicted octanol–water partition coefficient (Wildman–Crippen LogP) is 1.02. The van der Waals surface area contributed by atoms with Crippen molar-refractivity contribution < 1.29 is 23.9 Å². The summed E-state index contributed by atoms with van der Waals surface area (Å²) in [4.78, 5) is 35.3. The Kier molecular flexibility index (Phi) is 8.25. The Morgan fingerprint density at radius 1 is 0.960 bits per heavy atom. The van der Waals surface area contributed by atoms with E-state index in [4.69, 9.17) is 9.47 Å². The summed E-state index contributed by atoms with van der Waals surface area (Å²) >= 11 is 0. The van der Waals surface area contributed by atoms with Crippen LogP contribution in [0.2, 0.25) is 0 Å². The van der Waals surface area contributed by atoms with Gasteiger partial charge in [0.25, 0.3) is 5.91 Å². The van der Waals surface area contributed by atoms with Gasteiger partial charge in [-0.1, -0.05) is 13.8 Å². The second kappa shape index (κ2) is 10.2. The number of hydrogen-bond donors (Lipinski definition) is 3. The van der Waals surface area contributed by atoms with Crippen molar-refractivity contribution >= 4 is 17.7 Å². The van der Waals surface area contributed by atoms with Crippen molar-refractivity contribution in [2.75, 3.05) is 19.8 Å². The Bertz CT molecular complexity index is 616. The summed E-state index contributed by atoms with van der Waals surface area (Å²) in [6.07, 6.45) is 0. The first-order chi connectivity index (χ1) is 11.9. The first-order valence-electron chi connectivity index (χ1n) is 8.17. The van der Waals surface area contributed by atoms with E-state index in [2.05, 4.69) is 16.2 Å². The van der Waals surface area contributed by atoms with E-state index < -0.39 is 17.7 Å². The minimum Gasteiger partial charge on any atom is -0.490 e. The van der Waals surface area contributed by atoms with Gasteiger partial charge in [-0.05, 0) is 38.0 Å². The van der Waals surface area contributed by atoms with Crippen molar-refractivity contribution in [3.8, 4) is 11.5 Å². The third-order valence-electron chi connectivity index (χ3n) is 2.97. The summed E-state index contributed by atoms with van der Waals surface area (Å²) in [5, 5.41) is 2.45. The molecule has 0 saturated carbocycles. The maximum Gasteiger partial charge on any atom is 0.327 e. The van der Waals surface area contributed by atoms with Crippen molar-refractivity contribution in [2.24, 2.45) is 5.92 Å². The number of benzene rings is 1. The molecule has 0 aliphatic carbocycles. The molecule has 0 aromatic heterocycles. The zero-order valence-electron chi connectivity index (χ0n) is 15.0. The second-order valence-corrected chi connectivity index (χ2v) is 5.54. The van der Waals surface area contributed by atoms with Crippen LogP contribution in [-0.2, 0) is 9.59 Å². The Balaban J connectivity index is 2.66. The van der Waals surface area contributed by atoms with Crippen molar-refractivity contribution in [3.05, 3.63) is 23.8 Å². The smallest absolute Gasteiger partial charge is 0.327 e. The third-order valence-corrected chi connectivity index (χ3v) is 2.97. The monoisotopic (exact) mass is 351 g/mol. The van der Waals surface area contributed by atoms with Crippen molar-refractivity contribution in [1.82, 2.24) is 16.2 Å². The molecule has 138 valence electrons. The highest BCUT2D eigenvalue weighted by Crippen LogP contribution is 2.28. The zero-order valence-corrected chi connectivity index (χ0v) is 15.0. The Morgan fingerprint density at radius 2 is 1.60 bits per heavy atom. The molecule has 0 aliphatic heterocycles. The lowest BCUT2D eigenvalue weighted by Gasteiger charge is -2.13. The molecule has 0 saturated heterocycles. The van der Waals surface area contributed by atoms with Crippen LogP contribution in [0.25, 0.3) is 0 Å².